The normalized spacial score (nSPS) is 23.0. The van der Waals surface area contributed by atoms with E-state index < -0.39 is 11.9 Å². The molecule has 1 saturated carbocycles. The smallest absolute Gasteiger partial charge is 0.308 e. The molecule has 1 fully saturated rings. The van der Waals surface area contributed by atoms with Crippen LogP contribution in [0, 0.1) is 19.8 Å². The fourth-order valence-corrected chi connectivity index (χ4v) is 3.29. The minimum absolute atomic E-state index is 0.144. The molecule has 98 valence electrons. The average molecular weight is 267 g/mol. The van der Waals surface area contributed by atoms with E-state index >= 15 is 0 Å². The second kappa shape index (κ2) is 5.10. The summed E-state index contributed by atoms with van der Waals surface area (Å²) in [5, 5.41) is 11.9. The fraction of sp³-hybridized carbons (Fsp3) is 0.538. The number of hydrogen-bond donors (Lipinski definition) is 2. The lowest BCUT2D eigenvalue weighted by atomic mass is 10.0. The number of thiophene rings is 1. The van der Waals surface area contributed by atoms with Crippen molar-refractivity contribution in [1.29, 1.82) is 0 Å². The Morgan fingerprint density at radius 3 is 2.67 bits per heavy atom. The maximum atomic E-state index is 12.0. The third-order valence-electron chi connectivity index (χ3n) is 3.54. The Bertz CT molecular complexity index is 461. The summed E-state index contributed by atoms with van der Waals surface area (Å²) in [6.07, 6.45) is 2.28. The summed E-state index contributed by atoms with van der Waals surface area (Å²) in [7, 11) is 0. The second-order valence-corrected chi connectivity index (χ2v) is 6.06. The van der Waals surface area contributed by atoms with E-state index in [-0.39, 0.29) is 11.9 Å². The highest BCUT2D eigenvalue weighted by atomic mass is 32.1. The van der Waals surface area contributed by atoms with E-state index in [2.05, 4.69) is 5.32 Å². The fourth-order valence-electron chi connectivity index (χ4n) is 2.35. The van der Waals surface area contributed by atoms with Crippen molar-refractivity contribution < 1.29 is 14.7 Å². The van der Waals surface area contributed by atoms with Crippen LogP contribution in [0.5, 0.6) is 0 Å². The van der Waals surface area contributed by atoms with Gasteiger partial charge < -0.3 is 10.4 Å². The molecule has 1 aromatic rings. The number of carbonyl (C=O) groups is 2. The first-order valence-electron chi connectivity index (χ1n) is 6.09. The molecule has 1 amide bonds. The molecular weight excluding hydrogens is 250 g/mol. The third kappa shape index (κ3) is 2.56. The molecule has 1 aliphatic rings. The summed E-state index contributed by atoms with van der Waals surface area (Å²) in [6.45, 7) is 3.95. The second-order valence-electron chi connectivity index (χ2n) is 4.81. The molecule has 1 aliphatic carbocycles. The standard InChI is InChI=1S/C13H17NO3S/c1-7-6-11(18-8(7)2)12(15)14-10-5-3-4-9(10)13(16)17/h6,9-10H,3-5H2,1-2H3,(H,14,15)(H,16,17). The summed E-state index contributed by atoms with van der Waals surface area (Å²) < 4.78 is 0. The Labute approximate surface area is 110 Å². The Kier molecular flexibility index (Phi) is 3.71. The first-order valence-corrected chi connectivity index (χ1v) is 6.91. The molecule has 2 atom stereocenters. The molecule has 1 aromatic heterocycles. The van der Waals surface area contributed by atoms with Crippen LogP contribution in [-0.2, 0) is 4.79 Å². The quantitative estimate of drug-likeness (QED) is 0.883. The van der Waals surface area contributed by atoms with Crippen LogP contribution < -0.4 is 5.32 Å². The molecule has 0 bridgehead atoms. The van der Waals surface area contributed by atoms with Crippen molar-refractivity contribution in [2.24, 2.45) is 5.92 Å². The summed E-state index contributed by atoms with van der Waals surface area (Å²) in [4.78, 5) is 24.9. The van der Waals surface area contributed by atoms with Crippen LogP contribution in [0.1, 0.15) is 39.4 Å². The number of aryl methyl sites for hydroxylation is 2. The van der Waals surface area contributed by atoms with Crippen molar-refractivity contribution in [3.8, 4) is 0 Å². The van der Waals surface area contributed by atoms with Crippen LogP contribution >= 0.6 is 11.3 Å². The zero-order valence-electron chi connectivity index (χ0n) is 10.5. The van der Waals surface area contributed by atoms with Crippen molar-refractivity contribution in [2.75, 3.05) is 0 Å². The van der Waals surface area contributed by atoms with Gasteiger partial charge >= 0.3 is 5.97 Å². The van der Waals surface area contributed by atoms with Crippen LogP contribution in [0.3, 0.4) is 0 Å². The molecule has 2 rings (SSSR count). The molecule has 0 spiro atoms. The molecular formula is C13H17NO3S. The minimum Gasteiger partial charge on any atom is -0.481 e. The average Bonchev–Trinajstić information content (AvgIpc) is 2.87. The van der Waals surface area contributed by atoms with Crippen molar-refractivity contribution in [2.45, 2.75) is 39.2 Å². The summed E-state index contributed by atoms with van der Waals surface area (Å²) in [5.74, 6) is -1.39. The predicted molar refractivity (Wildman–Crippen MR) is 70.0 cm³/mol. The van der Waals surface area contributed by atoms with Crippen LogP contribution in [-0.4, -0.2) is 23.0 Å². The third-order valence-corrected chi connectivity index (χ3v) is 4.69. The Hall–Kier alpha value is -1.36. The topological polar surface area (TPSA) is 66.4 Å². The zero-order valence-corrected chi connectivity index (χ0v) is 11.3. The van der Waals surface area contributed by atoms with Gasteiger partial charge in [-0.1, -0.05) is 6.42 Å². The van der Waals surface area contributed by atoms with Gasteiger partial charge in [-0.25, -0.2) is 0 Å². The lowest BCUT2D eigenvalue weighted by Crippen LogP contribution is -2.39. The van der Waals surface area contributed by atoms with Gasteiger partial charge in [-0.2, -0.15) is 0 Å². The van der Waals surface area contributed by atoms with Gasteiger partial charge in [0.15, 0.2) is 0 Å². The lowest BCUT2D eigenvalue weighted by molar-refractivity contribution is -0.142. The predicted octanol–water partition coefficient (Wildman–Crippen LogP) is 2.35. The van der Waals surface area contributed by atoms with Gasteiger partial charge in [0.05, 0.1) is 10.8 Å². The van der Waals surface area contributed by atoms with Crippen LogP contribution in [0.25, 0.3) is 0 Å². The number of carboxylic acids is 1. The van der Waals surface area contributed by atoms with E-state index in [4.69, 9.17) is 5.11 Å². The van der Waals surface area contributed by atoms with Gasteiger partial charge in [0.25, 0.3) is 5.91 Å². The van der Waals surface area contributed by atoms with Crippen LogP contribution in [0.2, 0.25) is 0 Å². The molecule has 2 unspecified atom stereocenters. The summed E-state index contributed by atoms with van der Waals surface area (Å²) in [6, 6.07) is 1.64. The van der Waals surface area contributed by atoms with E-state index in [0.717, 1.165) is 23.3 Å². The monoisotopic (exact) mass is 267 g/mol. The Morgan fingerprint density at radius 2 is 2.11 bits per heavy atom. The van der Waals surface area contributed by atoms with E-state index in [1.54, 1.807) is 0 Å². The maximum absolute atomic E-state index is 12.0. The summed E-state index contributed by atoms with van der Waals surface area (Å²) in [5.41, 5.74) is 1.10. The van der Waals surface area contributed by atoms with Gasteiger partial charge in [-0.15, -0.1) is 11.3 Å². The van der Waals surface area contributed by atoms with Crippen LogP contribution in [0.15, 0.2) is 6.07 Å². The number of rotatable bonds is 3. The van der Waals surface area contributed by atoms with Gasteiger partial charge in [-0.05, 0) is 38.3 Å². The molecule has 0 saturated heterocycles. The first kappa shape index (κ1) is 13.1. The molecule has 5 heteroatoms. The minimum atomic E-state index is -0.809. The molecule has 2 N–H and O–H groups in total. The SMILES string of the molecule is Cc1cc(C(=O)NC2CCCC2C(=O)O)sc1C. The Balaban J connectivity index is 2.05. The molecule has 0 aromatic carbocycles. The summed E-state index contributed by atoms with van der Waals surface area (Å²) >= 11 is 1.46. The van der Waals surface area contributed by atoms with Crippen molar-refractivity contribution in [3.63, 3.8) is 0 Å². The van der Waals surface area contributed by atoms with E-state index in [0.29, 0.717) is 11.3 Å². The van der Waals surface area contributed by atoms with E-state index in [1.165, 1.54) is 11.3 Å². The largest absolute Gasteiger partial charge is 0.481 e. The number of carboxylic acid groups (broad SMARTS) is 1. The molecule has 18 heavy (non-hydrogen) atoms. The number of nitrogens with one attached hydrogen (secondary N) is 1. The lowest BCUT2D eigenvalue weighted by Gasteiger charge is -2.16. The number of aliphatic carboxylic acids is 1. The zero-order chi connectivity index (χ0) is 13.3. The van der Waals surface area contributed by atoms with Gasteiger partial charge in [-0.3, -0.25) is 9.59 Å². The van der Waals surface area contributed by atoms with Gasteiger partial charge in [0.1, 0.15) is 0 Å². The molecule has 0 aliphatic heterocycles. The molecule has 4 nitrogen and oxygen atoms in total. The van der Waals surface area contributed by atoms with Crippen LogP contribution in [0.4, 0.5) is 0 Å². The molecule has 1 heterocycles. The number of carbonyl (C=O) groups excluding carboxylic acids is 1. The highest BCUT2D eigenvalue weighted by Gasteiger charge is 2.34. The van der Waals surface area contributed by atoms with Crippen molar-refractivity contribution in [1.82, 2.24) is 5.32 Å². The van der Waals surface area contributed by atoms with E-state index in [1.807, 2.05) is 19.9 Å². The Morgan fingerprint density at radius 1 is 1.39 bits per heavy atom. The highest BCUT2D eigenvalue weighted by Crippen LogP contribution is 2.27. The van der Waals surface area contributed by atoms with Crippen molar-refractivity contribution >= 4 is 23.2 Å². The van der Waals surface area contributed by atoms with E-state index in [9.17, 15) is 9.59 Å². The highest BCUT2D eigenvalue weighted by molar-refractivity contribution is 7.14. The maximum Gasteiger partial charge on any atom is 0.308 e. The number of hydrogen-bond acceptors (Lipinski definition) is 3. The van der Waals surface area contributed by atoms with Gasteiger partial charge in [0, 0.05) is 10.9 Å². The first-order chi connectivity index (χ1) is 8.49. The van der Waals surface area contributed by atoms with Crippen molar-refractivity contribution in [3.05, 3.63) is 21.4 Å². The number of amides is 1. The van der Waals surface area contributed by atoms with Gasteiger partial charge in [0.2, 0.25) is 0 Å². The molecule has 0 radical (unpaired) electrons.